The van der Waals surface area contributed by atoms with E-state index in [1.54, 1.807) is 0 Å². The van der Waals surface area contributed by atoms with Crippen molar-refractivity contribution in [2.24, 2.45) is 0 Å². The van der Waals surface area contributed by atoms with Gasteiger partial charge in [0.15, 0.2) is 0 Å². The Bertz CT molecular complexity index is 108. The Morgan fingerprint density at radius 1 is 0.917 bits per heavy atom. The Morgan fingerprint density at radius 2 is 1.58 bits per heavy atom. The minimum absolute atomic E-state index is 0.878. The molecule has 0 spiro atoms. The lowest BCUT2D eigenvalue weighted by molar-refractivity contribution is 0.229. The second kappa shape index (κ2) is 4.24. The van der Waals surface area contributed by atoms with Crippen LogP contribution in [0.2, 0.25) is 0 Å². The molecule has 0 bridgehead atoms. The first kappa shape index (κ1) is 8.52. The summed E-state index contributed by atoms with van der Waals surface area (Å²) >= 11 is 0. The molecule has 0 N–H and O–H groups in total. The summed E-state index contributed by atoms with van der Waals surface area (Å²) in [6.07, 6.45) is 6.94. The van der Waals surface area contributed by atoms with Crippen molar-refractivity contribution in [2.45, 2.75) is 38.1 Å². The van der Waals surface area contributed by atoms with Crippen LogP contribution in [0, 0.1) is 0 Å². The van der Waals surface area contributed by atoms with E-state index in [9.17, 15) is 0 Å². The van der Waals surface area contributed by atoms with Crippen molar-refractivity contribution in [3.8, 4) is 0 Å². The van der Waals surface area contributed by atoms with E-state index >= 15 is 0 Å². The second-order valence-electron chi connectivity index (χ2n) is 4.00. The molecule has 12 heavy (non-hydrogen) atoms. The first-order chi connectivity index (χ1) is 5.97. The number of hydrogen-bond acceptors (Lipinski definition) is 1. The monoisotopic (exact) mass is 167 g/mol. The molecule has 0 amide bonds. The van der Waals surface area contributed by atoms with Crippen LogP contribution in [0.1, 0.15) is 32.1 Å². The fourth-order valence-electron chi connectivity index (χ4n) is 2.39. The average Bonchev–Trinajstić information content (AvgIpc) is 2.21. The van der Waals surface area contributed by atoms with Gasteiger partial charge in [0.2, 0.25) is 0 Å². The molecule has 0 aromatic carbocycles. The molecule has 2 nitrogen and oxygen atoms in total. The van der Waals surface area contributed by atoms with Crippen molar-refractivity contribution in [3.63, 3.8) is 0 Å². The number of likely N-dealkylation sites (tertiary alicyclic amines) is 1. The molecule has 2 heteroatoms. The second-order valence-corrected chi connectivity index (χ2v) is 4.00. The van der Waals surface area contributed by atoms with E-state index in [0.717, 1.165) is 19.1 Å². The zero-order valence-electron chi connectivity index (χ0n) is 7.84. The van der Waals surface area contributed by atoms with Gasteiger partial charge < -0.3 is 0 Å². The van der Waals surface area contributed by atoms with Crippen LogP contribution < -0.4 is 10.2 Å². The minimum atomic E-state index is 0.878. The number of nitrogens with zero attached hydrogens (tertiary/aromatic N) is 2. The fourth-order valence-corrected chi connectivity index (χ4v) is 2.39. The normalized spacial score (nSPS) is 29.0. The fraction of sp³-hybridized carbons (Fsp3) is 1.00. The molecule has 2 radical (unpaired) electrons. The zero-order chi connectivity index (χ0) is 8.23. The van der Waals surface area contributed by atoms with Gasteiger partial charge in [-0.1, -0.05) is 0 Å². The molecule has 0 saturated carbocycles. The van der Waals surface area contributed by atoms with E-state index in [1.807, 2.05) is 0 Å². The van der Waals surface area contributed by atoms with E-state index in [4.69, 9.17) is 0 Å². The summed E-state index contributed by atoms with van der Waals surface area (Å²) in [7, 11) is 0. The third-order valence-corrected chi connectivity index (χ3v) is 3.15. The van der Waals surface area contributed by atoms with Crippen LogP contribution in [0.5, 0.6) is 0 Å². The quantitative estimate of drug-likeness (QED) is 0.521. The van der Waals surface area contributed by atoms with Gasteiger partial charge in [-0.15, -0.1) is 0 Å². The molecular weight excluding hydrogens is 148 g/mol. The molecule has 2 rings (SSSR count). The Morgan fingerprint density at radius 3 is 2.25 bits per heavy atom. The van der Waals surface area contributed by atoms with Gasteiger partial charge in [-0.25, -0.2) is 5.32 Å². The van der Waals surface area contributed by atoms with Crippen molar-refractivity contribution in [2.75, 3.05) is 26.2 Å². The maximum Gasteiger partial charge on any atom is 0.135 e. The van der Waals surface area contributed by atoms with Crippen molar-refractivity contribution >= 4 is 0 Å². The van der Waals surface area contributed by atoms with E-state index in [1.165, 1.54) is 45.2 Å². The van der Waals surface area contributed by atoms with Gasteiger partial charge in [0, 0.05) is 38.8 Å². The predicted molar refractivity (Wildman–Crippen MR) is 50.6 cm³/mol. The summed E-state index contributed by atoms with van der Waals surface area (Å²) in [5.41, 5.74) is 0. The lowest BCUT2D eigenvalue weighted by Gasteiger charge is -2.27. The molecular formula is C10H19N2+. The molecule has 0 unspecified atom stereocenters. The van der Waals surface area contributed by atoms with E-state index in [0.29, 0.717) is 0 Å². The summed E-state index contributed by atoms with van der Waals surface area (Å²) < 4.78 is 0. The van der Waals surface area contributed by atoms with Gasteiger partial charge in [-0.3, -0.25) is 0 Å². The molecule has 2 aliphatic heterocycles. The number of piperidine rings is 2. The number of hydrogen-bond donors (Lipinski definition) is 0. The molecule has 68 valence electrons. The Balaban J connectivity index is 1.80. The van der Waals surface area contributed by atoms with Gasteiger partial charge in [0.05, 0.1) is 0 Å². The summed E-state index contributed by atoms with van der Waals surface area (Å²) in [4.78, 5) is 2.69. The lowest BCUT2D eigenvalue weighted by atomic mass is 10.0. The van der Waals surface area contributed by atoms with Gasteiger partial charge in [-0.2, -0.15) is 4.90 Å². The minimum Gasteiger partial charge on any atom is -0.241 e. The van der Waals surface area contributed by atoms with Crippen molar-refractivity contribution in [1.82, 2.24) is 10.2 Å². The first-order valence-electron chi connectivity index (χ1n) is 5.34. The van der Waals surface area contributed by atoms with Gasteiger partial charge in [0.25, 0.3) is 0 Å². The van der Waals surface area contributed by atoms with Crippen LogP contribution >= 0.6 is 0 Å². The lowest BCUT2D eigenvalue weighted by Crippen LogP contribution is -2.48. The van der Waals surface area contributed by atoms with Gasteiger partial charge in [-0.05, 0) is 6.42 Å². The highest BCUT2D eigenvalue weighted by atomic mass is 15.2. The smallest absolute Gasteiger partial charge is 0.135 e. The molecule has 2 aliphatic rings. The van der Waals surface area contributed by atoms with Gasteiger partial charge >= 0.3 is 0 Å². The van der Waals surface area contributed by atoms with Crippen LogP contribution in [0.3, 0.4) is 0 Å². The summed E-state index contributed by atoms with van der Waals surface area (Å²) in [5, 5.41) is 4.40. The average molecular weight is 167 g/mol. The van der Waals surface area contributed by atoms with Crippen LogP contribution in [-0.4, -0.2) is 32.2 Å². The highest BCUT2D eigenvalue weighted by Gasteiger charge is 2.30. The van der Waals surface area contributed by atoms with E-state index in [-0.39, 0.29) is 0 Å². The maximum absolute atomic E-state index is 4.40. The standard InChI is InChI=1S/C10H19N2/c1-2-8-12(9-3-1)10-4-6-11-7-5-10/h10H,1-9H2/q+1. The Hall–Kier alpha value is -0.0800. The Labute approximate surface area is 75.3 Å². The summed E-state index contributed by atoms with van der Waals surface area (Å²) in [6, 6.07) is 0.878. The van der Waals surface area contributed by atoms with Crippen molar-refractivity contribution < 1.29 is 0 Å². The molecule has 2 fully saturated rings. The van der Waals surface area contributed by atoms with E-state index < -0.39 is 0 Å². The Kier molecular flexibility index (Phi) is 3.01. The number of rotatable bonds is 1. The highest BCUT2D eigenvalue weighted by molar-refractivity contribution is 4.83. The molecule has 0 aromatic rings. The van der Waals surface area contributed by atoms with Crippen molar-refractivity contribution in [1.29, 1.82) is 0 Å². The summed E-state index contributed by atoms with van der Waals surface area (Å²) in [6.45, 7) is 4.93. The first-order valence-corrected chi connectivity index (χ1v) is 5.34. The summed E-state index contributed by atoms with van der Waals surface area (Å²) in [5.74, 6) is 0. The molecule has 0 aromatic heterocycles. The van der Waals surface area contributed by atoms with Crippen LogP contribution in [0.25, 0.3) is 0 Å². The third-order valence-electron chi connectivity index (χ3n) is 3.15. The van der Waals surface area contributed by atoms with Crippen LogP contribution in [0.4, 0.5) is 0 Å². The largest absolute Gasteiger partial charge is 0.241 e. The topological polar surface area (TPSA) is 20.0 Å². The van der Waals surface area contributed by atoms with Crippen molar-refractivity contribution in [3.05, 3.63) is 0 Å². The molecule has 2 saturated heterocycles. The maximum atomic E-state index is 4.40. The molecule has 0 aliphatic carbocycles. The molecule has 2 heterocycles. The van der Waals surface area contributed by atoms with Crippen LogP contribution in [-0.2, 0) is 0 Å². The SMILES string of the molecule is C1CC[N+](C2CC[N]CC2)CC1. The third kappa shape index (κ3) is 1.99. The molecule has 0 atom stereocenters. The zero-order valence-corrected chi connectivity index (χ0v) is 7.84. The van der Waals surface area contributed by atoms with Gasteiger partial charge in [0.1, 0.15) is 19.1 Å². The predicted octanol–water partition coefficient (Wildman–Crippen LogP) is 1.08. The highest BCUT2D eigenvalue weighted by Crippen LogP contribution is 2.15. The van der Waals surface area contributed by atoms with E-state index in [2.05, 4.69) is 10.2 Å². The van der Waals surface area contributed by atoms with Crippen LogP contribution in [0.15, 0.2) is 0 Å².